The molecule has 1 atom stereocenters. The molecular formula is C12H12BN2O2. The van der Waals surface area contributed by atoms with Gasteiger partial charge < -0.3 is 14.4 Å². The Morgan fingerprint density at radius 1 is 1.53 bits per heavy atom. The van der Waals surface area contributed by atoms with Crippen molar-refractivity contribution >= 4 is 19.6 Å². The molecule has 0 spiro atoms. The minimum atomic E-state index is -0.741. The first-order chi connectivity index (χ1) is 8.24. The van der Waals surface area contributed by atoms with E-state index in [0.29, 0.717) is 6.42 Å². The number of aromatic nitrogens is 1. The molecule has 17 heavy (non-hydrogen) atoms. The molecule has 5 heteroatoms. The Bertz CT molecular complexity index is 518. The van der Waals surface area contributed by atoms with Crippen LogP contribution >= 0.6 is 0 Å². The van der Waals surface area contributed by atoms with E-state index in [9.17, 15) is 4.79 Å². The summed E-state index contributed by atoms with van der Waals surface area (Å²) in [6.07, 6.45) is 9.06. The number of hydrogen-bond donors (Lipinski definition) is 1. The highest BCUT2D eigenvalue weighted by atomic mass is 16.4. The van der Waals surface area contributed by atoms with E-state index in [1.165, 1.54) is 0 Å². The van der Waals surface area contributed by atoms with Crippen LogP contribution in [0.15, 0.2) is 36.2 Å². The van der Waals surface area contributed by atoms with Crippen LogP contribution in [0.1, 0.15) is 18.5 Å². The highest BCUT2D eigenvalue weighted by Crippen LogP contribution is 2.27. The third-order valence-corrected chi connectivity index (χ3v) is 3.15. The fraction of sp³-hybridized carbons (Fsp3) is 0.250. The van der Waals surface area contributed by atoms with Crippen LogP contribution in [0.25, 0.3) is 6.08 Å². The lowest BCUT2D eigenvalue weighted by Gasteiger charge is -2.30. The Labute approximate surface area is 100 Å². The predicted molar refractivity (Wildman–Crippen MR) is 65.2 cm³/mol. The van der Waals surface area contributed by atoms with Gasteiger partial charge in [0, 0.05) is 23.9 Å². The van der Waals surface area contributed by atoms with E-state index in [0.717, 1.165) is 11.4 Å². The molecule has 0 amide bonds. The van der Waals surface area contributed by atoms with Crippen molar-refractivity contribution in [1.29, 1.82) is 0 Å². The summed E-state index contributed by atoms with van der Waals surface area (Å²) in [6.45, 7) is 0. The van der Waals surface area contributed by atoms with Gasteiger partial charge in [-0.2, -0.15) is 0 Å². The van der Waals surface area contributed by atoms with Gasteiger partial charge in [0.15, 0.2) is 0 Å². The molecule has 0 aliphatic carbocycles. The maximum Gasteiger partial charge on any atom is 0.396 e. The van der Waals surface area contributed by atoms with Gasteiger partial charge in [-0.15, -0.1) is 0 Å². The Kier molecular flexibility index (Phi) is 2.32. The summed E-state index contributed by atoms with van der Waals surface area (Å²) in [5.41, 5.74) is 2.28. The lowest BCUT2D eigenvalue weighted by molar-refractivity contribution is -0.137. The van der Waals surface area contributed by atoms with Crippen LogP contribution in [0.3, 0.4) is 0 Å². The number of nitrogens with zero attached hydrogens (tertiary/aromatic N) is 2. The van der Waals surface area contributed by atoms with Gasteiger partial charge in [-0.1, -0.05) is 6.08 Å². The smallest absolute Gasteiger partial charge is 0.396 e. The molecule has 1 N–H and O–H groups in total. The Hall–Kier alpha value is -1.91. The largest absolute Gasteiger partial charge is 0.481 e. The van der Waals surface area contributed by atoms with Crippen molar-refractivity contribution in [1.82, 2.24) is 9.29 Å². The van der Waals surface area contributed by atoms with Crippen molar-refractivity contribution in [2.75, 3.05) is 0 Å². The van der Waals surface area contributed by atoms with Crippen LogP contribution in [-0.4, -0.2) is 34.0 Å². The van der Waals surface area contributed by atoms with Gasteiger partial charge in [-0.05, 0) is 36.9 Å². The number of allylic oxidation sites excluding steroid dienone is 1. The number of rotatable bonds is 3. The van der Waals surface area contributed by atoms with Crippen molar-refractivity contribution in [2.24, 2.45) is 0 Å². The molecule has 2 aliphatic rings. The van der Waals surface area contributed by atoms with Crippen LogP contribution in [0, 0.1) is 0 Å². The average Bonchev–Trinajstić information content (AvgIpc) is 2.88. The van der Waals surface area contributed by atoms with Crippen LogP contribution in [0.5, 0.6) is 0 Å². The summed E-state index contributed by atoms with van der Waals surface area (Å²) in [5, 5.41) is 8.72. The maximum atomic E-state index is 10.6. The number of carbonyl (C=O) groups is 1. The zero-order chi connectivity index (χ0) is 11.8. The normalized spacial score (nSPS) is 20.6. The highest BCUT2D eigenvalue weighted by Gasteiger charge is 2.28. The second kappa shape index (κ2) is 3.84. The van der Waals surface area contributed by atoms with Crippen LogP contribution in [-0.2, 0) is 4.79 Å². The van der Waals surface area contributed by atoms with E-state index >= 15 is 0 Å². The molecule has 1 aromatic heterocycles. The molecule has 3 heterocycles. The number of fused-ring (bicyclic) bond motifs is 2. The predicted octanol–water partition coefficient (Wildman–Crippen LogP) is 1.33. The summed E-state index contributed by atoms with van der Waals surface area (Å²) in [5.74, 6) is -0.741. The molecule has 85 valence electrons. The maximum absolute atomic E-state index is 10.6. The van der Waals surface area contributed by atoms with Gasteiger partial charge in [-0.3, -0.25) is 4.79 Å². The van der Waals surface area contributed by atoms with E-state index in [1.54, 1.807) is 0 Å². The lowest BCUT2D eigenvalue weighted by atomic mass is 9.98. The molecule has 0 aromatic carbocycles. The zero-order valence-corrected chi connectivity index (χ0v) is 9.28. The molecule has 0 saturated carbocycles. The van der Waals surface area contributed by atoms with Crippen molar-refractivity contribution in [3.63, 3.8) is 0 Å². The SMILES string of the molecule is O=C(O)CCC1C=CC2=Cc3cccn3[B]N21. The van der Waals surface area contributed by atoms with Gasteiger partial charge >= 0.3 is 13.5 Å². The summed E-state index contributed by atoms with van der Waals surface area (Å²) in [4.78, 5) is 12.7. The van der Waals surface area contributed by atoms with Gasteiger partial charge in [0.25, 0.3) is 0 Å². The molecule has 2 aliphatic heterocycles. The van der Waals surface area contributed by atoms with Crippen LogP contribution in [0.4, 0.5) is 0 Å². The fourth-order valence-corrected chi connectivity index (χ4v) is 2.28. The second-order valence-corrected chi connectivity index (χ2v) is 4.29. The summed E-state index contributed by atoms with van der Waals surface area (Å²) in [7, 11) is 2.02. The van der Waals surface area contributed by atoms with Crippen molar-refractivity contribution in [2.45, 2.75) is 18.9 Å². The quantitative estimate of drug-likeness (QED) is 0.792. The van der Waals surface area contributed by atoms with E-state index in [2.05, 4.69) is 29.1 Å². The first kappa shape index (κ1) is 10.3. The van der Waals surface area contributed by atoms with Gasteiger partial charge in [-0.25, -0.2) is 0 Å². The second-order valence-electron chi connectivity index (χ2n) is 4.29. The van der Waals surface area contributed by atoms with Gasteiger partial charge in [0.1, 0.15) is 0 Å². The molecule has 4 nitrogen and oxygen atoms in total. The topological polar surface area (TPSA) is 45.5 Å². The van der Waals surface area contributed by atoms with E-state index < -0.39 is 5.97 Å². The van der Waals surface area contributed by atoms with E-state index in [1.807, 2.05) is 24.3 Å². The number of carboxylic acids is 1. The molecular weight excluding hydrogens is 215 g/mol. The fourth-order valence-electron chi connectivity index (χ4n) is 2.28. The lowest BCUT2D eigenvalue weighted by Crippen LogP contribution is -2.38. The van der Waals surface area contributed by atoms with Crippen molar-refractivity contribution in [3.8, 4) is 0 Å². The molecule has 0 fully saturated rings. The Morgan fingerprint density at radius 3 is 3.24 bits per heavy atom. The third-order valence-electron chi connectivity index (χ3n) is 3.15. The summed E-state index contributed by atoms with van der Waals surface area (Å²) < 4.78 is 2.05. The highest BCUT2D eigenvalue weighted by molar-refractivity contribution is 6.33. The average molecular weight is 227 g/mol. The van der Waals surface area contributed by atoms with Gasteiger partial charge in [0.05, 0.1) is 0 Å². The molecule has 1 unspecified atom stereocenters. The Balaban J connectivity index is 1.78. The third kappa shape index (κ3) is 1.77. The van der Waals surface area contributed by atoms with E-state index in [4.69, 9.17) is 5.11 Å². The number of aliphatic carboxylic acids is 1. The van der Waals surface area contributed by atoms with Gasteiger partial charge in [0.2, 0.25) is 0 Å². The number of hydrogen-bond acceptors (Lipinski definition) is 2. The summed E-state index contributed by atoms with van der Waals surface area (Å²) in [6, 6.07) is 4.22. The molecule has 1 aromatic rings. The van der Waals surface area contributed by atoms with E-state index in [-0.39, 0.29) is 12.5 Å². The van der Waals surface area contributed by atoms with Crippen LogP contribution < -0.4 is 0 Å². The first-order valence-electron chi connectivity index (χ1n) is 5.66. The molecule has 0 bridgehead atoms. The molecule has 0 saturated heterocycles. The van der Waals surface area contributed by atoms with Crippen molar-refractivity contribution in [3.05, 3.63) is 41.9 Å². The minimum Gasteiger partial charge on any atom is -0.481 e. The monoisotopic (exact) mass is 227 g/mol. The molecule has 1 radical (unpaired) electrons. The van der Waals surface area contributed by atoms with Crippen molar-refractivity contribution < 1.29 is 9.90 Å². The zero-order valence-electron chi connectivity index (χ0n) is 9.28. The summed E-state index contributed by atoms with van der Waals surface area (Å²) >= 11 is 0. The minimum absolute atomic E-state index is 0.160. The van der Waals surface area contributed by atoms with Crippen LogP contribution in [0.2, 0.25) is 0 Å². The first-order valence-corrected chi connectivity index (χ1v) is 5.66. The standard InChI is InChI=1S/C12H12BN2O2/c16-12(17)6-5-9-3-4-11-8-10-2-1-7-14(10)13-15(9)11/h1-4,7-9H,5-6H2,(H,16,17). The Morgan fingerprint density at radius 2 is 2.41 bits per heavy atom. The molecule has 3 rings (SSSR count). The number of carboxylic acid groups (broad SMARTS) is 1.